The standard InChI is InChI=1S/C17H18N4/c1-2-12-18-16-14-10-6-7-11-15(14)20-17(21-16)19-13-8-4-3-5-9-13/h3-11H,2,12H2,1H3,(H2,18,19,20,21). The van der Waals surface area contributed by atoms with Gasteiger partial charge >= 0.3 is 0 Å². The molecule has 2 N–H and O–H groups in total. The third-order valence-corrected chi connectivity index (χ3v) is 3.18. The first-order chi connectivity index (χ1) is 10.4. The first-order valence-electron chi connectivity index (χ1n) is 7.19. The summed E-state index contributed by atoms with van der Waals surface area (Å²) in [6.45, 7) is 3.03. The van der Waals surface area contributed by atoms with E-state index in [1.807, 2.05) is 54.6 Å². The molecule has 0 unspecified atom stereocenters. The van der Waals surface area contributed by atoms with Crippen LogP contribution in [0.3, 0.4) is 0 Å². The fourth-order valence-electron chi connectivity index (χ4n) is 2.16. The molecule has 0 aliphatic rings. The number of rotatable bonds is 5. The molecule has 0 aliphatic heterocycles. The Balaban J connectivity index is 1.99. The molecule has 2 aromatic carbocycles. The summed E-state index contributed by atoms with van der Waals surface area (Å²) < 4.78 is 0. The van der Waals surface area contributed by atoms with E-state index < -0.39 is 0 Å². The maximum absolute atomic E-state index is 4.60. The molecule has 1 aromatic heterocycles. The Bertz CT molecular complexity index is 725. The molecule has 4 heteroatoms. The van der Waals surface area contributed by atoms with E-state index in [-0.39, 0.29) is 0 Å². The molecule has 0 radical (unpaired) electrons. The van der Waals surface area contributed by atoms with E-state index >= 15 is 0 Å². The number of benzene rings is 2. The summed E-state index contributed by atoms with van der Waals surface area (Å²) in [7, 11) is 0. The number of nitrogens with one attached hydrogen (secondary N) is 2. The third-order valence-electron chi connectivity index (χ3n) is 3.18. The van der Waals surface area contributed by atoms with E-state index in [9.17, 15) is 0 Å². The Kier molecular flexibility index (Phi) is 3.96. The van der Waals surface area contributed by atoms with Crippen LogP contribution in [0.5, 0.6) is 0 Å². The van der Waals surface area contributed by atoms with E-state index in [2.05, 4.69) is 27.5 Å². The maximum Gasteiger partial charge on any atom is 0.229 e. The molecule has 1 heterocycles. The van der Waals surface area contributed by atoms with Gasteiger partial charge in [-0.3, -0.25) is 0 Å². The second-order valence-electron chi connectivity index (χ2n) is 4.83. The van der Waals surface area contributed by atoms with Crippen LogP contribution in [0.25, 0.3) is 10.9 Å². The average Bonchev–Trinajstić information content (AvgIpc) is 2.53. The summed E-state index contributed by atoms with van der Waals surface area (Å²) in [6.07, 6.45) is 1.06. The molecular formula is C17H18N4. The van der Waals surface area contributed by atoms with Gasteiger partial charge in [-0.1, -0.05) is 37.3 Å². The first-order valence-corrected chi connectivity index (χ1v) is 7.19. The fourth-order valence-corrected chi connectivity index (χ4v) is 2.16. The van der Waals surface area contributed by atoms with Gasteiger partial charge in [0.1, 0.15) is 5.82 Å². The van der Waals surface area contributed by atoms with Crippen molar-refractivity contribution in [1.29, 1.82) is 0 Å². The number of anilines is 3. The van der Waals surface area contributed by atoms with Gasteiger partial charge in [0.2, 0.25) is 5.95 Å². The molecule has 0 bridgehead atoms. The zero-order valence-corrected chi connectivity index (χ0v) is 12.0. The summed E-state index contributed by atoms with van der Waals surface area (Å²) in [4.78, 5) is 9.18. The van der Waals surface area contributed by atoms with Crippen LogP contribution in [0, 0.1) is 0 Å². The van der Waals surface area contributed by atoms with Crippen molar-refractivity contribution >= 4 is 28.4 Å². The Morgan fingerprint density at radius 3 is 2.48 bits per heavy atom. The van der Waals surface area contributed by atoms with E-state index in [1.165, 1.54) is 0 Å². The number of para-hydroxylation sites is 2. The molecule has 0 spiro atoms. The highest BCUT2D eigenvalue weighted by atomic mass is 15.1. The molecule has 21 heavy (non-hydrogen) atoms. The average molecular weight is 278 g/mol. The molecule has 0 atom stereocenters. The number of hydrogen-bond acceptors (Lipinski definition) is 4. The molecule has 4 nitrogen and oxygen atoms in total. The van der Waals surface area contributed by atoms with Crippen molar-refractivity contribution in [2.45, 2.75) is 13.3 Å². The van der Waals surface area contributed by atoms with Crippen molar-refractivity contribution < 1.29 is 0 Å². The number of hydrogen-bond donors (Lipinski definition) is 2. The molecule has 0 fully saturated rings. The monoisotopic (exact) mass is 278 g/mol. The fraction of sp³-hybridized carbons (Fsp3) is 0.176. The Hall–Kier alpha value is -2.62. The van der Waals surface area contributed by atoms with Crippen molar-refractivity contribution in [1.82, 2.24) is 9.97 Å². The minimum atomic E-state index is 0.610. The summed E-state index contributed by atoms with van der Waals surface area (Å²) in [5, 5.41) is 7.67. The molecule has 0 aliphatic carbocycles. The number of fused-ring (bicyclic) bond motifs is 1. The minimum absolute atomic E-state index is 0.610. The van der Waals surface area contributed by atoms with Crippen LogP contribution in [0.4, 0.5) is 17.5 Å². The predicted octanol–water partition coefficient (Wildman–Crippen LogP) is 4.20. The van der Waals surface area contributed by atoms with Crippen molar-refractivity contribution in [2.75, 3.05) is 17.2 Å². The lowest BCUT2D eigenvalue weighted by Crippen LogP contribution is -2.06. The molecule has 106 valence electrons. The first kappa shape index (κ1) is 13.4. The van der Waals surface area contributed by atoms with Gasteiger partial charge in [0.05, 0.1) is 5.52 Å². The predicted molar refractivity (Wildman–Crippen MR) is 88.0 cm³/mol. The topological polar surface area (TPSA) is 49.8 Å². The molecule has 0 saturated heterocycles. The smallest absolute Gasteiger partial charge is 0.229 e. The second kappa shape index (κ2) is 6.22. The largest absolute Gasteiger partial charge is 0.369 e. The Morgan fingerprint density at radius 2 is 1.67 bits per heavy atom. The quantitative estimate of drug-likeness (QED) is 0.734. The lowest BCUT2D eigenvalue weighted by molar-refractivity contribution is 0.970. The zero-order valence-electron chi connectivity index (χ0n) is 12.0. The summed E-state index contributed by atoms with van der Waals surface area (Å²) in [5.41, 5.74) is 1.92. The second-order valence-corrected chi connectivity index (χ2v) is 4.83. The van der Waals surface area contributed by atoms with E-state index in [0.29, 0.717) is 5.95 Å². The maximum atomic E-state index is 4.60. The summed E-state index contributed by atoms with van der Waals surface area (Å²) >= 11 is 0. The SMILES string of the molecule is CCCNc1nc(Nc2ccccc2)nc2ccccc12. The summed E-state index contributed by atoms with van der Waals surface area (Å²) in [6, 6.07) is 18.0. The molecular weight excluding hydrogens is 260 g/mol. The molecule has 0 amide bonds. The van der Waals surface area contributed by atoms with E-state index in [4.69, 9.17) is 0 Å². The minimum Gasteiger partial charge on any atom is -0.369 e. The van der Waals surface area contributed by atoms with E-state index in [1.54, 1.807) is 0 Å². The summed E-state index contributed by atoms with van der Waals surface area (Å²) in [5.74, 6) is 1.49. The van der Waals surface area contributed by atoms with Crippen LogP contribution in [-0.4, -0.2) is 16.5 Å². The van der Waals surface area contributed by atoms with Crippen molar-refractivity contribution in [3.63, 3.8) is 0 Å². The van der Waals surface area contributed by atoms with Gasteiger partial charge in [-0.2, -0.15) is 4.98 Å². The van der Waals surface area contributed by atoms with Gasteiger partial charge in [-0.15, -0.1) is 0 Å². The van der Waals surface area contributed by atoms with Gasteiger partial charge in [0.25, 0.3) is 0 Å². The highest BCUT2D eigenvalue weighted by Crippen LogP contribution is 2.23. The van der Waals surface area contributed by atoms with Gasteiger partial charge in [0.15, 0.2) is 0 Å². The number of nitrogens with zero attached hydrogens (tertiary/aromatic N) is 2. The molecule has 3 aromatic rings. The number of aromatic nitrogens is 2. The van der Waals surface area contributed by atoms with Gasteiger partial charge in [-0.05, 0) is 30.7 Å². The van der Waals surface area contributed by atoms with Crippen molar-refractivity contribution in [2.24, 2.45) is 0 Å². The highest BCUT2D eigenvalue weighted by Gasteiger charge is 2.07. The Morgan fingerprint density at radius 1 is 0.905 bits per heavy atom. The van der Waals surface area contributed by atoms with Crippen LogP contribution in [-0.2, 0) is 0 Å². The lowest BCUT2D eigenvalue weighted by Gasteiger charge is -2.11. The molecule has 3 rings (SSSR count). The zero-order chi connectivity index (χ0) is 14.5. The van der Waals surface area contributed by atoms with E-state index in [0.717, 1.165) is 35.4 Å². The van der Waals surface area contributed by atoms with Crippen LogP contribution in [0.1, 0.15) is 13.3 Å². The van der Waals surface area contributed by atoms with Crippen LogP contribution in [0.15, 0.2) is 54.6 Å². The van der Waals surface area contributed by atoms with Gasteiger partial charge < -0.3 is 10.6 Å². The van der Waals surface area contributed by atoms with Gasteiger partial charge in [0, 0.05) is 17.6 Å². The Labute approximate surface area is 124 Å². The highest BCUT2D eigenvalue weighted by molar-refractivity contribution is 5.90. The van der Waals surface area contributed by atoms with Crippen LogP contribution >= 0.6 is 0 Å². The third kappa shape index (κ3) is 3.11. The lowest BCUT2D eigenvalue weighted by atomic mass is 10.2. The normalized spacial score (nSPS) is 10.5. The van der Waals surface area contributed by atoms with Crippen LogP contribution in [0.2, 0.25) is 0 Å². The van der Waals surface area contributed by atoms with Crippen molar-refractivity contribution in [3.8, 4) is 0 Å². The van der Waals surface area contributed by atoms with Crippen molar-refractivity contribution in [3.05, 3.63) is 54.6 Å². The molecule has 0 saturated carbocycles. The van der Waals surface area contributed by atoms with Gasteiger partial charge in [-0.25, -0.2) is 4.98 Å². The van der Waals surface area contributed by atoms with Crippen LogP contribution < -0.4 is 10.6 Å².